The Labute approximate surface area is 197 Å². The summed E-state index contributed by atoms with van der Waals surface area (Å²) in [5.41, 5.74) is 0.782. The molecule has 0 radical (unpaired) electrons. The van der Waals surface area contributed by atoms with Crippen molar-refractivity contribution in [3.63, 3.8) is 0 Å². The summed E-state index contributed by atoms with van der Waals surface area (Å²) in [7, 11) is 2.08. The molecule has 1 N–H and O–H groups in total. The SMILES string of the molecule is Cn1c(SCCCN2CC[C@]3(CC3c3ccc(C(F)(F)F)cc3)C2)nnc1C1CCNCC1. The van der Waals surface area contributed by atoms with Gasteiger partial charge in [-0.05, 0) is 87.3 Å². The fraction of sp³-hybridized carbons (Fsp3) is 0.667. The molecule has 0 amide bonds. The van der Waals surface area contributed by atoms with Crippen LogP contribution in [0.3, 0.4) is 0 Å². The van der Waals surface area contributed by atoms with Gasteiger partial charge >= 0.3 is 6.18 Å². The van der Waals surface area contributed by atoms with Crippen LogP contribution in [0.2, 0.25) is 0 Å². The molecule has 2 aliphatic heterocycles. The van der Waals surface area contributed by atoms with E-state index in [9.17, 15) is 13.2 Å². The number of hydrogen-bond donors (Lipinski definition) is 1. The molecule has 9 heteroatoms. The maximum absolute atomic E-state index is 12.8. The van der Waals surface area contributed by atoms with E-state index >= 15 is 0 Å². The first-order valence-corrected chi connectivity index (χ1v) is 13.0. The summed E-state index contributed by atoms with van der Waals surface area (Å²) >= 11 is 1.79. The van der Waals surface area contributed by atoms with Crippen LogP contribution in [0.1, 0.15) is 60.9 Å². The van der Waals surface area contributed by atoms with Crippen LogP contribution in [0.4, 0.5) is 13.2 Å². The second-order valence-corrected chi connectivity index (χ2v) is 11.0. The number of alkyl halides is 3. The highest BCUT2D eigenvalue weighted by Crippen LogP contribution is 2.64. The number of halogens is 3. The molecule has 2 atom stereocenters. The molecule has 3 fully saturated rings. The average Bonchev–Trinajstić information content (AvgIpc) is 3.15. The number of rotatable bonds is 7. The molecule has 1 aromatic heterocycles. The van der Waals surface area contributed by atoms with E-state index in [0.717, 1.165) is 87.1 Å². The summed E-state index contributed by atoms with van der Waals surface area (Å²) in [4.78, 5) is 2.53. The molecule has 5 nitrogen and oxygen atoms in total. The largest absolute Gasteiger partial charge is 0.416 e. The fourth-order valence-corrected chi connectivity index (χ4v) is 6.53. The molecule has 5 rings (SSSR count). The zero-order valence-corrected chi connectivity index (χ0v) is 19.9. The molecule has 2 aromatic rings. The molecule has 1 aromatic carbocycles. The third-order valence-electron chi connectivity index (χ3n) is 7.72. The lowest BCUT2D eigenvalue weighted by atomic mass is 9.97. The first kappa shape index (κ1) is 23.2. The second kappa shape index (κ2) is 9.23. The van der Waals surface area contributed by atoms with Crippen LogP contribution in [0, 0.1) is 5.41 Å². The topological polar surface area (TPSA) is 46.0 Å². The van der Waals surface area contributed by atoms with Gasteiger partial charge in [0.2, 0.25) is 0 Å². The van der Waals surface area contributed by atoms with Crippen LogP contribution in [0.15, 0.2) is 29.4 Å². The summed E-state index contributed by atoms with van der Waals surface area (Å²) in [5.74, 6) is 3.05. The van der Waals surface area contributed by atoms with E-state index in [2.05, 4.69) is 32.0 Å². The lowest BCUT2D eigenvalue weighted by molar-refractivity contribution is -0.137. The van der Waals surface area contributed by atoms with Crippen molar-refractivity contribution in [2.75, 3.05) is 38.5 Å². The van der Waals surface area contributed by atoms with Gasteiger partial charge in [0.25, 0.3) is 0 Å². The zero-order chi connectivity index (χ0) is 23.1. The van der Waals surface area contributed by atoms with Crippen molar-refractivity contribution in [1.29, 1.82) is 0 Å². The molecule has 1 saturated carbocycles. The number of nitrogens with one attached hydrogen (secondary N) is 1. The van der Waals surface area contributed by atoms with Crippen LogP contribution < -0.4 is 5.32 Å². The Hall–Kier alpha value is -1.58. The van der Waals surface area contributed by atoms with Crippen LogP contribution in [-0.4, -0.2) is 58.1 Å². The molecular weight excluding hydrogens is 447 g/mol. The Morgan fingerprint density at radius 3 is 2.64 bits per heavy atom. The fourth-order valence-electron chi connectivity index (χ4n) is 5.69. The highest BCUT2D eigenvalue weighted by Gasteiger charge is 2.57. The minimum Gasteiger partial charge on any atom is -0.317 e. The third-order valence-corrected chi connectivity index (χ3v) is 8.82. The van der Waals surface area contributed by atoms with Gasteiger partial charge in [0.15, 0.2) is 5.16 Å². The molecule has 3 aliphatic rings. The molecule has 1 unspecified atom stereocenters. The minimum absolute atomic E-state index is 0.278. The van der Waals surface area contributed by atoms with Gasteiger partial charge in [0, 0.05) is 25.3 Å². The standard InChI is InChI=1S/C24H32F3N5S/c1-31-21(18-7-10-28-11-8-18)29-30-22(31)33-14-2-12-32-13-9-23(16-32)15-20(23)17-3-5-19(6-4-17)24(25,26)27/h3-6,18,20,28H,2,7-16H2,1H3/t20?,23-/m0/s1. The number of nitrogens with zero attached hydrogens (tertiary/aromatic N) is 4. The smallest absolute Gasteiger partial charge is 0.317 e. The number of hydrogen-bond acceptors (Lipinski definition) is 5. The first-order chi connectivity index (χ1) is 15.9. The summed E-state index contributed by atoms with van der Waals surface area (Å²) in [6.45, 7) is 5.32. The van der Waals surface area contributed by atoms with Gasteiger partial charge in [-0.2, -0.15) is 13.2 Å². The van der Waals surface area contributed by atoms with Crippen molar-refractivity contribution >= 4 is 11.8 Å². The molecule has 1 aliphatic carbocycles. The van der Waals surface area contributed by atoms with Crippen molar-refractivity contribution < 1.29 is 13.2 Å². The van der Waals surface area contributed by atoms with Gasteiger partial charge < -0.3 is 14.8 Å². The maximum Gasteiger partial charge on any atom is 0.416 e. The summed E-state index contributed by atoms with van der Waals surface area (Å²) in [5, 5.41) is 13.3. The van der Waals surface area contributed by atoms with Crippen molar-refractivity contribution in [3.8, 4) is 0 Å². The Kier molecular flexibility index (Phi) is 6.48. The Morgan fingerprint density at radius 1 is 1.15 bits per heavy atom. The number of thioether (sulfide) groups is 1. The number of piperidine rings is 1. The summed E-state index contributed by atoms with van der Waals surface area (Å²) < 4.78 is 40.7. The van der Waals surface area contributed by atoms with Crippen molar-refractivity contribution in [3.05, 3.63) is 41.2 Å². The molecule has 3 heterocycles. The van der Waals surface area contributed by atoms with E-state index in [1.807, 2.05) is 0 Å². The van der Waals surface area contributed by atoms with Gasteiger partial charge in [0.05, 0.1) is 5.56 Å². The van der Waals surface area contributed by atoms with E-state index in [0.29, 0.717) is 11.8 Å². The highest BCUT2D eigenvalue weighted by atomic mass is 32.2. The van der Waals surface area contributed by atoms with Crippen LogP contribution in [0.25, 0.3) is 0 Å². The van der Waals surface area contributed by atoms with E-state index < -0.39 is 11.7 Å². The Balaban J connectivity index is 1.06. The van der Waals surface area contributed by atoms with Gasteiger partial charge in [-0.15, -0.1) is 10.2 Å². The predicted molar refractivity (Wildman–Crippen MR) is 123 cm³/mol. The van der Waals surface area contributed by atoms with Gasteiger partial charge in [-0.1, -0.05) is 23.9 Å². The van der Waals surface area contributed by atoms with Gasteiger partial charge in [-0.3, -0.25) is 0 Å². The lowest BCUT2D eigenvalue weighted by Crippen LogP contribution is -2.27. The van der Waals surface area contributed by atoms with E-state index in [1.165, 1.54) is 12.1 Å². The van der Waals surface area contributed by atoms with Gasteiger partial charge in [0.1, 0.15) is 5.82 Å². The zero-order valence-electron chi connectivity index (χ0n) is 19.1. The molecule has 180 valence electrons. The quantitative estimate of drug-likeness (QED) is 0.462. The minimum atomic E-state index is -4.26. The lowest BCUT2D eigenvalue weighted by Gasteiger charge is -2.21. The molecular formula is C24H32F3N5S. The molecule has 33 heavy (non-hydrogen) atoms. The molecule has 2 saturated heterocycles. The average molecular weight is 480 g/mol. The van der Waals surface area contributed by atoms with Gasteiger partial charge in [-0.25, -0.2) is 0 Å². The van der Waals surface area contributed by atoms with E-state index in [4.69, 9.17) is 0 Å². The Morgan fingerprint density at radius 2 is 1.91 bits per heavy atom. The monoisotopic (exact) mass is 479 g/mol. The van der Waals surface area contributed by atoms with E-state index in [1.54, 1.807) is 23.9 Å². The number of benzene rings is 1. The first-order valence-electron chi connectivity index (χ1n) is 12.0. The predicted octanol–water partition coefficient (Wildman–Crippen LogP) is 4.66. The van der Waals surface area contributed by atoms with Crippen molar-refractivity contribution in [1.82, 2.24) is 25.0 Å². The van der Waals surface area contributed by atoms with Crippen LogP contribution in [0.5, 0.6) is 0 Å². The molecule has 1 spiro atoms. The summed E-state index contributed by atoms with van der Waals surface area (Å²) in [6, 6.07) is 5.82. The molecule has 0 bridgehead atoms. The highest BCUT2D eigenvalue weighted by molar-refractivity contribution is 7.99. The normalized spacial score (nSPS) is 26.4. The van der Waals surface area contributed by atoms with Crippen molar-refractivity contribution in [2.24, 2.45) is 12.5 Å². The Bertz CT molecular complexity index is 954. The number of likely N-dealkylation sites (tertiary alicyclic amines) is 1. The third kappa shape index (κ3) is 4.95. The maximum atomic E-state index is 12.8. The second-order valence-electron chi connectivity index (χ2n) is 9.89. The number of aromatic nitrogens is 3. The van der Waals surface area contributed by atoms with Crippen molar-refractivity contribution in [2.45, 2.75) is 55.3 Å². The summed E-state index contributed by atoms with van der Waals surface area (Å²) in [6.07, 6.45) is 1.33. The van der Waals surface area contributed by atoms with Crippen LogP contribution in [-0.2, 0) is 13.2 Å². The van der Waals surface area contributed by atoms with E-state index in [-0.39, 0.29) is 5.41 Å². The van der Waals surface area contributed by atoms with Crippen LogP contribution >= 0.6 is 11.8 Å².